The summed E-state index contributed by atoms with van der Waals surface area (Å²) in [4.78, 5) is 41.0. The molecule has 1 aromatic rings. The van der Waals surface area contributed by atoms with E-state index < -0.39 is 5.60 Å². The van der Waals surface area contributed by atoms with Crippen molar-refractivity contribution in [2.75, 3.05) is 26.7 Å². The number of piperidine rings is 1. The Balaban J connectivity index is 1.54. The number of amides is 1. The molecule has 0 aromatic heterocycles. The van der Waals surface area contributed by atoms with E-state index in [1.54, 1.807) is 6.20 Å². The highest BCUT2D eigenvalue weighted by molar-refractivity contribution is 6.02. The lowest BCUT2D eigenvalue weighted by Gasteiger charge is -2.54. The second-order valence-corrected chi connectivity index (χ2v) is 11.8. The molecule has 1 amide bonds. The molecule has 6 nitrogen and oxygen atoms in total. The molecule has 1 heterocycles. The highest BCUT2D eigenvalue weighted by Gasteiger charge is 2.56. The van der Waals surface area contributed by atoms with E-state index in [9.17, 15) is 19.5 Å². The molecule has 0 bridgehead atoms. The standard InChI is InChI=1S/C31H42N2O4/c1-29(14-7-4-8-15-29)28(36)33-19-18-31(37,30(23-33)16-9-10-17-30)24-32(2)21-26(22-35)27(13-20-34)25-11-5-3-6-12-25/h3,5-6,11-13,20-22,37H,4,7-10,14-19,23-24H2,1-2H3/b26-21-,27-13-. The minimum atomic E-state index is -0.964. The van der Waals surface area contributed by atoms with Gasteiger partial charge in [-0.25, -0.2) is 0 Å². The quantitative estimate of drug-likeness (QED) is 0.312. The van der Waals surface area contributed by atoms with Crippen LogP contribution in [0.1, 0.15) is 76.7 Å². The Morgan fingerprint density at radius 1 is 1.00 bits per heavy atom. The number of carbonyl (C=O) groups excluding carboxylic acids is 3. The number of aldehydes is 2. The first-order chi connectivity index (χ1) is 17.8. The van der Waals surface area contributed by atoms with Crippen LogP contribution in [0.4, 0.5) is 0 Å². The third-order valence-corrected chi connectivity index (χ3v) is 9.23. The first kappa shape index (κ1) is 27.3. The summed E-state index contributed by atoms with van der Waals surface area (Å²) < 4.78 is 0. The average Bonchev–Trinajstić information content (AvgIpc) is 3.38. The minimum Gasteiger partial charge on any atom is -0.387 e. The summed E-state index contributed by atoms with van der Waals surface area (Å²) in [6.45, 7) is 3.67. The Bertz CT molecular complexity index is 1030. The van der Waals surface area contributed by atoms with Crippen molar-refractivity contribution in [3.05, 3.63) is 53.7 Å². The smallest absolute Gasteiger partial charge is 0.228 e. The Morgan fingerprint density at radius 3 is 2.27 bits per heavy atom. The monoisotopic (exact) mass is 506 g/mol. The maximum Gasteiger partial charge on any atom is 0.228 e. The largest absolute Gasteiger partial charge is 0.387 e. The predicted octanol–water partition coefficient (Wildman–Crippen LogP) is 4.78. The number of likely N-dealkylation sites (tertiary alicyclic amines) is 1. The lowest BCUT2D eigenvalue weighted by atomic mass is 9.65. The number of carbonyl (C=O) groups is 3. The zero-order valence-corrected chi connectivity index (χ0v) is 22.5. The average molecular weight is 507 g/mol. The van der Waals surface area contributed by atoms with Gasteiger partial charge in [0.15, 0.2) is 6.29 Å². The second kappa shape index (κ2) is 11.3. The molecular formula is C31H42N2O4. The van der Waals surface area contributed by atoms with Crippen LogP contribution in [0, 0.1) is 10.8 Å². The lowest BCUT2D eigenvalue weighted by molar-refractivity contribution is -0.167. The second-order valence-electron chi connectivity index (χ2n) is 11.8. The van der Waals surface area contributed by atoms with Crippen LogP contribution < -0.4 is 0 Å². The number of likely N-dealkylation sites (N-methyl/N-ethyl adjacent to an activating group) is 1. The topological polar surface area (TPSA) is 77.9 Å². The molecule has 4 rings (SSSR count). The molecule has 3 aliphatic rings. The fourth-order valence-corrected chi connectivity index (χ4v) is 7.10. The SMILES string of the molecule is CN(/C=C(C=O)\C(=C/C=O)c1ccccc1)CC1(O)CCN(C(=O)C2(C)CCCCC2)CC12CCCC2. The van der Waals surface area contributed by atoms with Crippen LogP contribution in [0.25, 0.3) is 5.57 Å². The Morgan fingerprint density at radius 2 is 1.65 bits per heavy atom. The van der Waals surface area contributed by atoms with Crippen LogP contribution in [0.15, 0.2) is 48.2 Å². The highest BCUT2D eigenvalue weighted by Crippen LogP contribution is 2.52. The van der Waals surface area contributed by atoms with Gasteiger partial charge < -0.3 is 14.9 Å². The Kier molecular flexibility index (Phi) is 8.37. The van der Waals surface area contributed by atoms with Gasteiger partial charge in [-0.15, -0.1) is 0 Å². The summed E-state index contributed by atoms with van der Waals surface area (Å²) in [5.41, 5.74) is 0.161. The first-order valence-electron chi connectivity index (χ1n) is 13.9. The molecule has 2 aliphatic carbocycles. The number of hydrogen-bond acceptors (Lipinski definition) is 5. The van der Waals surface area contributed by atoms with Crippen LogP contribution in [0.3, 0.4) is 0 Å². The predicted molar refractivity (Wildman–Crippen MR) is 145 cm³/mol. The summed E-state index contributed by atoms with van der Waals surface area (Å²) in [5, 5.41) is 12.1. The van der Waals surface area contributed by atoms with Crippen LogP contribution in [0.2, 0.25) is 0 Å². The van der Waals surface area contributed by atoms with Crippen molar-refractivity contribution >= 4 is 24.1 Å². The van der Waals surface area contributed by atoms with Crippen LogP contribution in [0.5, 0.6) is 0 Å². The molecule has 1 aliphatic heterocycles. The van der Waals surface area contributed by atoms with Gasteiger partial charge in [-0.05, 0) is 49.3 Å². The zero-order chi connectivity index (χ0) is 26.5. The molecule has 3 fully saturated rings. The van der Waals surface area contributed by atoms with Gasteiger partial charge in [0.2, 0.25) is 5.91 Å². The van der Waals surface area contributed by atoms with E-state index in [4.69, 9.17) is 0 Å². The van der Waals surface area contributed by atoms with Crippen molar-refractivity contribution in [3.8, 4) is 0 Å². The molecule has 0 radical (unpaired) electrons. The third kappa shape index (κ3) is 5.59. The minimum absolute atomic E-state index is 0.267. The normalized spacial score (nSPS) is 25.6. The van der Waals surface area contributed by atoms with Gasteiger partial charge in [0.05, 0.1) is 5.60 Å². The molecule has 2 saturated carbocycles. The van der Waals surface area contributed by atoms with Crippen LogP contribution >= 0.6 is 0 Å². The molecule has 1 N–H and O–H groups in total. The molecule has 1 atom stereocenters. The number of allylic oxidation sites excluding steroid dienone is 3. The first-order valence-corrected chi connectivity index (χ1v) is 13.9. The van der Waals surface area contributed by atoms with E-state index in [1.807, 2.05) is 42.3 Å². The summed E-state index contributed by atoms with van der Waals surface area (Å²) in [6.07, 6.45) is 14.4. The van der Waals surface area contributed by atoms with E-state index in [-0.39, 0.29) is 16.7 Å². The molecule has 37 heavy (non-hydrogen) atoms. The number of benzene rings is 1. The zero-order valence-electron chi connectivity index (χ0n) is 22.5. The van der Waals surface area contributed by atoms with Gasteiger partial charge in [-0.2, -0.15) is 0 Å². The lowest BCUT2D eigenvalue weighted by Crippen LogP contribution is -2.64. The summed E-state index contributed by atoms with van der Waals surface area (Å²) >= 11 is 0. The summed E-state index contributed by atoms with van der Waals surface area (Å²) in [5.74, 6) is 0.267. The van der Waals surface area contributed by atoms with E-state index in [2.05, 4.69) is 11.8 Å². The summed E-state index contributed by atoms with van der Waals surface area (Å²) in [7, 11) is 1.87. The molecule has 1 unspecified atom stereocenters. The fraction of sp³-hybridized carbons (Fsp3) is 0.581. The van der Waals surface area contributed by atoms with Crippen molar-refractivity contribution in [1.29, 1.82) is 0 Å². The number of hydrogen-bond donors (Lipinski definition) is 1. The van der Waals surface area contributed by atoms with Crippen molar-refractivity contribution in [3.63, 3.8) is 0 Å². The van der Waals surface area contributed by atoms with Crippen molar-refractivity contribution < 1.29 is 19.5 Å². The van der Waals surface area contributed by atoms with E-state index in [0.717, 1.165) is 63.2 Å². The van der Waals surface area contributed by atoms with E-state index >= 15 is 0 Å². The van der Waals surface area contributed by atoms with Gasteiger partial charge in [-0.1, -0.05) is 69.4 Å². The van der Waals surface area contributed by atoms with Gasteiger partial charge in [0, 0.05) is 49.3 Å². The van der Waals surface area contributed by atoms with Gasteiger partial charge in [0.25, 0.3) is 0 Å². The number of aliphatic hydroxyl groups is 1. The van der Waals surface area contributed by atoms with Gasteiger partial charge >= 0.3 is 0 Å². The van der Waals surface area contributed by atoms with Gasteiger partial charge in [0.1, 0.15) is 6.29 Å². The molecule has 6 heteroatoms. The molecule has 200 valence electrons. The van der Waals surface area contributed by atoms with Crippen molar-refractivity contribution in [2.24, 2.45) is 10.8 Å². The van der Waals surface area contributed by atoms with E-state index in [0.29, 0.717) is 43.5 Å². The van der Waals surface area contributed by atoms with E-state index in [1.165, 1.54) is 12.5 Å². The maximum atomic E-state index is 13.7. The third-order valence-electron chi connectivity index (χ3n) is 9.23. The number of nitrogens with zero attached hydrogens (tertiary/aromatic N) is 2. The Labute approximate surface area is 221 Å². The molecule has 1 spiro atoms. The molecule has 1 saturated heterocycles. The maximum absolute atomic E-state index is 13.7. The van der Waals surface area contributed by atoms with Crippen LogP contribution in [-0.4, -0.2) is 65.7 Å². The number of rotatable bonds is 8. The molecule has 1 aromatic carbocycles. The molecular weight excluding hydrogens is 464 g/mol. The van der Waals surface area contributed by atoms with Crippen molar-refractivity contribution in [1.82, 2.24) is 9.80 Å². The Hall–Kier alpha value is -2.73. The fourth-order valence-electron chi connectivity index (χ4n) is 7.10. The van der Waals surface area contributed by atoms with Gasteiger partial charge in [-0.3, -0.25) is 14.4 Å². The summed E-state index contributed by atoms with van der Waals surface area (Å²) in [6, 6.07) is 9.37. The van der Waals surface area contributed by atoms with Crippen LogP contribution in [-0.2, 0) is 14.4 Å². The van der Waals surface area contributed by atoms with Crippen molar-refractivity contribution in [2.45, 2.75) is 76.7 Å². The highest BCUT2D eigenvalue weighted by atomic mass is 16.3.